The minimum absolute atomic E-state index is 0.0155. The summed E-state index contributed by atoms with van der Waals surface area (Å²) in [6, 6.07) is -0.671. The van der Waals surface area contributed by atoms with Gasteiger partial charge in [-0.3, -0.25) is 9.79 Å². The molecule has 0 aliphatic carbocycles. The van der Waals surface area contributed by atoms with Crippen molar-refractivity contribution in [1.29, 1.82) is 0 Å². The number of likely N-dealkylation sites (tertiary alicyclic amines) is 1. The highest BCUT2D eigenvalue weighted by Gasteiger charge is 2.40. The monoisotopic (exact) mass is 285 g/mol. The first-order valence-electron chi connectivity index (χ1n) is 6.80. The maximum absolute atomic E-state index is 12.2. The molecule has 0 bridgehead atoms. The molecule has 1 aliphatic heterocycles. The van der Waals surface area contributed by atoms with Gasteiger partial charge in [0.05, 0.1) is 12.1 Å². The number of aliphatic hydroxyl groups excluding tert-OH is 1. The van der Waals surface area contributed by atoms with E-state index in [1.807, 2.05) is 0 Å². The van der Waals surface area contributed by atoms with Crippen LogP contribution in [0.4, 0.5) is 0 Å². The number of hydrogen-bond donors (Lipinski definition) is 5. The van der Waals surface area contributed by atoms with Gasteiger partial charge in [0.1, 0.15) is 0 Å². The number of nitrogens with two attached hydrogens (primary N) is 3. The number of guanidine groups is 1. The van der Waals surface area contributed by atoms with E-state index in [1.54, 1.807) is 6.82 Å². The lowest BCUT2D eigenvalue weighted by molar-refractivity contribution is -0.132. The second kappa shape index (κ2) is 7.46. The number of nitrogens with zero attached hydrogens (tertiary/aromatic N) is 2. The Kier molecular flexibility index (Phi) is 6.25. The average molecular weight is 285 g/mol. The average Bonchev–Trinajstić information content (AvgIpc) is 2.75. The van der Waals surface area contributed by atoms with Crippen LogP contribution in [0.3, 0.4) is 0 Å². The summed E-state index contributed by atoms with van der Waals surface area (Å²) in [6.07, 6.45) is 0.826. The Bertz CT molecular complexity index is 362. The molecule has 0 aromatic rings. The predicted molar refractivity (Wildman–Crippen MR) is 77.8 cm³/mol. The zero-order chi connectivity index (χ0) is 15.3. The molecule has 1 saturated heterocycles. The largest absolute Gasteiger partial charge is 0.449 e. The number of aliphatic hydroxyl groups is 1. The van der Waals surface area contributed by atoms with Gasteiger partial charge in [-0.2, -0.15) is 0 Å². The lowest BCUT2D eigenvalue weighted by Crippen LogP contribution is -2.50. The quantitative estimate of drug-likeness (QED) is 0.157. The molecule has 0 aromatic carbocycles. The van der Waals surface area contributed by atoms with Crippen LogP contribution in [0.2, 0.25) is 6.82 Å². The van der Waals surface area contributed by atoms with Gasteiger partial charge in [-0.25, -0.2) is 0 Å². The van der Waals surface area contributed by atoms with Crippen LogP contribution in [-0.2, 0) is 4.79 Å². The normalized spacial score (nSPS) is 23.5. The van der Waals surface area contributed by atoms with Gasteiger partial charge in [0.25, 0.3) is 0 Å². The predicted octanol–water partition coefficient (Wildman–Crippen LogP) is -2.52. The molecule has 0 radical (unpaired) electrons. The van der Waals surface area contributed by atoms with Crippen molar-refractivity contribution in [3.8, 4) is 0 Å². The summed E-state index contributed by atoms with van der Waals surface area (Å²) in [4.78, 5) is 17.5. The van der Waals surface area contributed by atoms with Crippen LogP contribution in [0.5, 0.6) is 0 Å². The first-order valence-corrected chi connectivity index (χ1v) is 6.80. The van der Waals surface area contributed by atoms with E-state index in [2.05, 4.69) is 4.99 Å². The molecule has 8 N–H and O–H groups in total. The van der Waals surface area contributed by atoms with Crippen molar-refractivity contribution in [1.82, 2.24) is 4.90 Å². The van der Waals surface area contributed by atoms with Gasteiger partial charge in [0.15, 0.2) is 5.96 Å². The summed E-state index contributed by atoms with van der Waals surface area (Å²) in [5.41, 5.74) is 16.3. The highest BCUT2D eigenvalue weighted by molar-refractivity contribution is 6.51. The van der Waals surface area contributed by atoms with E-state index in [9.17, 15) is 14.9 Å². The Balaban J connectivity index is 2.49. The number of carbonyl (C=O) groups is 1. The summed E-state index contributed by atoms with van der Waals surface area (Å²) >= 11 is 0. The van der Waals surface area contributed by atoms with Crippen LogP contribution in [0.15, 0.2) is 4.99 Å². The van der Waals surface area contributed by atoms with E-state index in [0.29, 0.717) is 25.8 Å². The first-order chi connectivity index (χ1) is 9.32. The van der Waals surface area contributed by atoms with Crippen molar-refractivity contribution in [3.05, 3.63) is 0 Å². The number of aliphatic imine (C=N–C) groups is 1. The van der Waals surface area contributed by atoms with Gasteiger partial charge in [-0.1, -0.05) is 6.82 Å². The Hall–Kier alpha value is -1.32. The van der Waals surface area contributed by atoms with Crippen molar-refractivity contribution < 1.29 is 14.9 Å². The zero-order valence-electron chi connectivity index (χ0n) is 11.8. The Labute approximate surface area is 119 Å². The van der Waals surface area contributed by atoms with E-state index >= 15 is 0 Å². The summed E-state index contributed by atoms with van der Waals surface area (Å²) < 4.78 is 0. The van der Waals surface area contributed by atoms with Crippen molar-refractivity contribution in [2.45, 2.75) is 44.2 Å². The van der Waals surface area contributed by atoms with Crippen molar-refractivity contribution in [2.24, 2.45) is 22.2 Å². The molecule has 9 heteroatoms. The zero-order valence-corrected chi connectivity index (χ0v) is 11.8. The van der Waals surface area contributed by atoms with Crippen LogP contribution < -0.4 is 17.2 Å². The number of rotatable bonds is 6. The van der Waals surface area contributed by atoms with E-state index in [-0.39, 0.29) is 24.4 Å². The van der Waals surface area contributed by atoms with E-state index in [0.717, 1.165) is 0 Å². The Morgan fingerprint density at radius 1 is 1.55 bits per heavy atom. The van der Waals surface area contributed by atoms with Crippen LogP contribution >= 0.6 is 0 Å². The van der Waals surface area contributed by atoms with Gasteiger partial charge < -0.3 is 32.2 Å². The molecule has 1 rings (SSSR count). The molecule has 1 unspecified atom stereocenters. The molecule has 0 spiro atoms. The molecule has 1 heterocycles. The van der Waals surface area contributed by atoms with Gasteiger partial charge >= 0.3 is 6.92 Å². The number of hydrogen-bond acceptors (Lipinski definition) is 5. The maximum Gasteiger partial charge on any atom is 0.309 e. The molecular formula is C11H24BN5O3. The number of carbonyl (C=O) groups excluding carboxylic acids is 1. The molecule has 114 valence electrons. The molecule has 20 heavy (non-hydrogen) atoms. The lowest BCUT2D eigenvalue weighted by Gasteiger charge is -2.27. The van der Waals surface area contributed by atoms with Crippen molar-refractivity contribution >= 4 is 18.8 Å². The van der Waals surface area contributed by atoms with Gasteiger partial charge in [0.2, 0.25) is 5.91 Å². The molecular weight excluding hydrogens is 261 g/mol. The topological polar surface area (TPSA) is 151 Å². The van der Waals surface area contributed by atoms with Gasteiger partial charge in [-0.05, 0) is 19.3 Å². The van der Waals surface area contributed by atoms with Crippen LogP contribution in [0.25, 0.3) is 0 Å². The SMILES string of the molecule is CB(O)[C@@H]1C[C@H](O)CN1C(=O)C(N)CCCN=C(N)N. The van der Waals surface area contributed by atoms with Gasteiger partial charge in [-0.15, -0.1) is 0 Å². The highest BCUT2D eigenvalue weighted by atomic mass is 16.3. The Morgan fingerprint density at radius 3 is 2.75 bits per heavy atom. The fourth-order valence-electron chi connectivity index (χ4n) is 2.41. The maximum atomic E-state index is 12.2. The molecule has 1 amide bonds. The first kappa shape index (κ1) is 16.7. The molecule has 0 saturated carbocycles. The van der Waals surface area contributed by atoms with E-state index in [4.69, 9.17) is 17.2 Å². The van der Waals surface area contributed by atoms with E-state index < -0.39 is 19.1 Å². The van der Waals surface area contributed by atoms with Crippen LogP contribution in [0, 0.1) is 0 Å². The minimum Gasteiger partial charge on any atom is -0.449 e. The second-order valence-corrected chi connectivity index (χ2v) is 5.24. The summed E-state index contributed by atoms with van der Waals surface area (Å²) in [5.74, 6) is -0.611. The second-order valence-electron chi connectivity index (χ2n) is 5.24. The molecule has 3 atom stereocenters. The van der Waals surface area contributed by atoms with Gasteiger partial charge in [0, 0.05) is 19.0 Å². The highest BCUT2D eigenvalue weighted by Crippen LogP contribution is 2.20. The van der Waals surface area contributed by atoms with Crippen LogP contribution in [-0.4, -0.2) is 65.0 Å². The minimum atomic E-state index is -0.690. The smallest absolute Gasteiger partial charge is 0.309 e. The fraction of sp³-hybridized carbons (Fsp3) is 0.818. The standard InChI is InChI=1S/C11H24BN5O3/c1-12(20)9-5-7(18)6-17(9)10(19)8(13)3-2-4-16-11(14)15/h7-9,18,20H,2-6,13H2,1H3,(H4,14,15,16)/t7-,8?,9-/m0/s1. The fourth-order valence-corrected chi connectivity index (χ4v) is 2.41. The molecule has 1 fully saturated rings. The van der Waals surface area contributed by atoms with E-state index in [1.165, 1.54) is 4.90 Å². The summed E-state index contributed by atoms with van der Waals surface area (Å²) in [6.45, 7) is 1.56. The number of β-amino-alcohol motifs (C(OH)–C–C–N with tert-alkyl or cyclic N) is 1. The lowest BCUT2D eigenvalue weighted by atomic mass is 9.62. The molecule has 0 aromatic heterocycles. The summed E-state index contributed by atoms with van der Waals surface area (Å²) in [7, 11) is 0. The third kappa shape index (κ3) is 4.66. The molecule has 1 aliphatic rings. The molecule has 8 nitrogen and oxygen atoms in total. The third-order valence-electron chi connectivity index (χ3n) is 3.45. The van der Waals surface area contributed by atoms with Crippen molar-refractivity contribution in [2.75, 3.05) is 13.1 Å². The van der Waals surface area contributed by atoms with Crippen molar-refractivity contribution in [3.63, 3.8) is 0 Å². The van der Waals surface area contributed by atoms with Crippen LogP contribution in [0.1, 0.15) is 19.3 Å². The number of amides is 1. The Morgan fingerprint density at radius 2 is 2.20 bits per heavy atom. The third-order valence-corrected chi connectivity index (χ3v) is 3.45. The summed E-state index contributed by atoms with van der Waals surface area (Å²) in [5, 5.41) is 19.3.